The Balaban J connectivity index is 0.00000306. The number of piperazine rings is 1. The van der Waals surface area contributed by atoms with E-state index in [0.717, 1.165) is 5.69 Å². The number of nitrogens with zero attached hydrogens (tertiary/aromatic N) is 3. The van der Waals surface area contributed by atoms with Gasteiger partial charge >= 0.3 is 0 Å². The number of nitrogens with one attached hydrogen (secondary N) is 1. The number of benzene rings is 2. The number of ether oxygens (including phenoxy) is 1. The molecule has 0 bridgehead atoms. The van der Waals surface area contributed by atoms with Crippen molar-refractivity contribution in [1.82, 2.24) is 9.88 Å². The van der Waals surface area contributed by atoms with Crippen molar-refractivity contribution in [3.05, 3.63) is 64.6 Å². The van der Waals surface area contributed by atoms with Gasteiger partial charge in [-0.3, -0.25) is 9.52 Å². The number of aromatic nitrogens is 1. The molecular formula is C21H23ClN4O4S2. The third-order valence-corrected chi connectivity index (χ3v) is 7.53. The minimum absolute atomic E-state index is 0. The third kappa shape index (κ3) is 4.82. The van der Waals surface area contributed by atoms with Crippen LogP contribution in [0.15, 0.2) is 58.9 Å². The number of hydrogen-bond donors (Lipinski definition) is 1. The number of amides is 1. The lowest BCUT2D eigenvalue weighted by Crippen LogP contribution is -2.48. The first-order valence-electron chi connectivity index (χ1n) is 9.77. The molecule has 2 aromatic carbocycles. The molecule has 1 saturated heterocycles. The van der Waals surface area contributed by atoms with Crippen molar-refractivity contribution in [2.75, 3.05) is 42.9 Å². The molecule has 170 valence electrons. The number of carbonyl (C=O) groups is 1. The van der Waals surface area contributed by atoms with Gasteiger partial charge in [-0.1, -0.05) is 11.6 Å². The van der Waals surface area contributed by atoms with E-state index in [9.17, 15) is 13.2 Å². The number of thiazole rings is 1. The highest BCUT2D eigenvalue weighted by molar-refractivity contribution is 7.93. The molecule has 2 heterocycles. The number of anilines is 2. The highest BCUT2D eigenvalue weighted by Crippen LogP contribution is 2.26. The van der Waals surface area contributed by atoms with Crippen molar-refractivity contribution in [2.45, 2.75) is 4.90 Å². The van der Waals surface area contributed by atoms with Gasteiger partial charge in [0.05, 0.1) is 17.6 Å². The molecule has 0 unspecified atom stereocenters. The zero-order valence-electron chi connectivity index (χ0n) is 17.2. The van der Waals surface area contributed by atoms with Gasteiger partial charge in [0.1, 0.15) is 5.75 Å². The van der Waals surface area contributed by atoms with Crippen LogP contribution in [0.2, 0.25) is 5.02 Å². The molecule has 0 radical (unpaired) electrons. The van der Waals surface area contributed by atoms with Crippen LogP contribution in [0.3, 0.4) is 0 Å². The highest BCUT2D eigenvalue weighted by Gasteiger charge is 2.25. The van der Waals surface area contributed by atoms with Crippen molar-refractivity contribution in [1.29, 1.82) is 0 Å². The topological polar surface area (TPSA) is 91.8 Å². The SMILES string of the molecule is COc1cc(Cl)ccc1C(=O)N1CCN(c2ccc(S(=O)(=O)Nc3nccs3)cc2)CC1.[HH]. The van der Waals surface area contributed by atoms with Crippen LogP contribution < -0.4 is 14.4 Å². The first kappa shape index (κ1) is 22.4. The molecule has 1 amide bonds. The Labute approximate surface area is 196 Å². The van der Waals surface area contributed by atoms with Crippen LogP contribution in [-0.4, -0.2) is 57.5 Å². The predicted molar refractivity (Wildman–Crippen MR) is 128 cm³/mol. The number of halogens is 1. The molecule has 11 heteroatoms. The fourth-order valence-electron chi connectivity index (χ4n) is 3.46. The third-order valence-electron chi connectivity index (χ3n) is 5.13. The lowest BCUT2D eigenvalue weighted by molar-refractivity contribution is 0.0743. The van der Waals surface area contributed by atoms with Gasteiger partial charge in [-0.05, 0) is 42.5 Å². The summed E-state index contributed by atoms with van der Waals surface area (Å²) in [6.07, 6.45) is 1.54. The summed E-state index contributed by atoms with van der Waals surface area (Å²) in [5.74, 6) is 0.348. The number of hydrogen-bond acceptors (Lipinski definition) is 7. The van der Waals surface area contributed by atoms with E-state index < -0.39 is 10.0 Å². The maximum atomic E-state index is 12.9. The molecule has 0 spiro atoms. The summed E-state index contributed by atoms with van der Waals surface area (Å²) >= 11 is 7.21. The summed E-state index contributed by atoms with van der Waals surface area (Å²) in [5.41, 5.74) is 1.38. The van der Waals surface area contributed by atoms with Crippen molar-refractivity contribution in [3.8, 4) is 5.75 Å². The predicted octanol–water partition coefficient (Wildman–Crippen LogP) is 3.81. The molecule has 1 aliphatic heterocycles. The number of methoxy groups -OCH3 is 1. The number of rotatable bonds is 6. The second kappa shape index (κ2) is 9.35. The molecule has 1 aromatic heterocycles. The minimum atomic E-state index is -3.69. The second-order valence-corrected chi connectivity index (χ2v) is 10.1. The monoisotopic (exact) mass is 494 g/mol. The summed E-state index contributed by atoms with van der Waals surface area (Å²) < 4.78 is 32.7. The summed E-state index contributed by atoms with van der Waals surface area (Å²) in [5, 5.41) is 2.54. The van der Waals surface area contributed by atoms with Gasteiger partial charge in [-0.25, -0.2) is 13.4 Å². The fraction of sp³-hybridized carbons (Fsp3) is 0.238. The Hall–Kier alpha value is -2.82. The van der Waals surface area contributed by atoms with Crippen molar-refractivity contribution in [3.63, 3.8) is 0 Å². The molecule has 0 saturated carbocycles. The van der Waals surface area contributed by atoms with Gasteiger partial charge in [0.25, 0.3) is 15.9 Å². The Morgan fingerprint density at radius 3 is 2.50 bits per heavy atom. The average Bonchev–Trinajstić information content (AvgIpc) is 3.31. The quantitative estimate of drug-likeness (QED) is 0.560. The van der Waals surface area contributed by atoms with E-state index in [0.29, 0.717) is 47.6 Å². The van der Waals surface area contributed by atoms with Crippen LogP contribution in [0.5, 0.6) is 5.75 Å². The molecule has 1 N–H and O–H groups in total. The van der Waals surface area contributed by atoms with E-state index in [1.807, 2.05) is 0 Å². The van der Waals surface area contributed by atoms with Gasteiger partial charge in [0.2, 0.25) is 0 Å². The Bertz CT molecular complexity index is 1200. The van der Waals surface area contributed by atoms with Crippen LogP contribution in [0.4, 0.5) is 10.8 Å². The van der Waals surface area contributed by atoms with E-state index in [2.05, 4.69) is 14.6 Å². The van der Waals surface area contributed by atoms with Crippen LogP contribution in [0, 0.1) is 0 Å². The second-order valence-electron chi connectivity index (χ2n) is 7.06. The molecule has 8 nitrogen and oxygen atoms in total. The molecule has 3 aromatic rings. The van der Waals surface area contributed by atoms with Crippen LogP contribution >= 0.6 is 22.9 Å². The van der Waals surface area contributed by atoms with E-state index in [-0.39, 0.29) is 12.2 Å². The molecule has 1 aliphatic rings. The first-order valence-corrected chi connectivity index (χ1v) is 12.5. The van der Waals surface area contributed by atoms with Crippen LogP contribution in [0.1, 0.15) is 11.8 Å². The van der Waals surface area contributed by atoms with Crippen molar-refractivity contribution < 1.29 is 19.4 Å². The van der Waals surface area contributed by atoms with Gasteiger partial charge in [0.15, 0.2) is 5.13 Å². The summed E-state index contributed by atoms with van der Waals surface area (Å²) in [4.78, 5) is 20.9. The number of carbonyl (C=O) groups excluding carboxylic acids is 1. The zero-order valence-corrected chi connectivity index (χ0v) is 19.6. The lowest BCUT2D eigenvalue weighted by Gasteiger charge is -2.36. The van der Waals surface area contributed by atoms with Crippen LogP contribution in [0.25, 0.3) is 0 Å². The van der Waals surface area contributed by atoms with Crippen molar-refractivity contribution in [2.24, 2.45) is 0 Å². The molecule has 4 rings (SSSR count). The van der Waals surface area contributed by atoms with E-state index >= 15 is 0 Å². The van der Waals surface area contributed by atoms with Crippen LogP contribution in [-0.2, 0) is 10.0 Å². The Morgan fingerprint density at radius 2 is 1.88 bits per heavy atom. The summed E-state index contributed by atoms with van der Waals surface area (Å²) in [6, 6.07) is 11.7. The summed E-state index contributed by atoms with van der Waals surface area (Å²) in [7, 11) is -2.18. The Morgan fingerprint density at radius 1 is 1.16 bits per heavy atom. The normalized spacial score (nSPS) is 14.3. The Kier molecular flexibility index (Phi) is 6.54. The smallest absolute Gasteiger partial charge is 0.263 e. The maximum Gasteiger partial charge on any atom is 0.263 e. The standard InChI is InChI=1S/C21H21ClN4O4S2.H2/c1-30-19-14-15(22)2-7-18(19)20(27)26-11-9-25(10-12-26)16-3-5-17(6-4-16)32(28,29)24-21-23-8-13-31-21;/h2-8,13-14H,9-12H2,1H3,(H,23,24);1H. The van der Waals surface area contributed by atoms with Gasteiger partial charge in [-0.15, -0.1) is 11.3 Å². The average molecular weight is 495 g/mol. The number of sulfonamides is 1. The van der Waals surface area contributed by atoms with Gasteiger partial charge in [0, 0.05) is 49.9 Å². The molecule has 0 atom stereocenters. The van der Waals surface area contributed by atoms with E-state index in [1.54, 1.807) is 58.9 Å². The summed E-state index contributed by atoms with van der Waals surface area (Å²) in [6.45, 7) is 2.34. The first-order chi connectivity index (χ1) is 15.4. The van der Waals surface area contributed by atoms with Gasteiger partial charge < -0.3 is 14.5 Å². The lowest BCUT2D eigenvalue weighted by atomic mass is 10.1. The van der Waals surface area contributed by atoms with E-state index in [1.165, 1.54) is 18.4 Å². The minimum Gasteiger partial charge on any atom is -0.496 e. The molecule has 32 heavy (non-hydrogen) atoms. The van der Waals surface area contributed by atoms with Crippen molar-refractivity contribution >= 4 is 49.7 Å². The maximum absolute atomic E-state index is 12.9. The molecule has 0 aliphatic carbocycles. The van der Waals surface area contributed by atoms with E-state index in [4.69, 9.17) is 16.3 Å². The fourth-order valence-corrected chi connectivity index (χ4v) is 5.41. The molecule has 1 fully saturated rings. The molecular weight excluding hydrogens is 472 g/mol. The zero-order chi connectivity index (χ0) is 22.7. The largest absolute Gasteiger partial charge is 0.496 e. The van der Waals surface area contributed by atoms with Gasteiger partial charge in [-0.2, -0.15) is 0 Å². The highest BCUT2D eigenvalue weighted by atomic mass is 35.5.